The first-order chi connectivity index (χ1) is 11.5. The van der Waals surface area contributed by atoms with Gasteiger partial charge in [-0.3, -0.25) is 4.79 Å². The Morgan fingerprint density at radius 1 is 1.33 bits per heavy atom. The minimum atomic E-state index is -0.482. The first kappa shape index (κ1) is 16.2. The van der Waals surface area contributed by atoms with E-state index in [1.54, 1.807) is 0 Å². The van der Waals surface area contributed by atoms with E-state index in [-0.39, 0.29) is 16.4 Å². The van der Waals surface area contributed by atoms with Crippen molar-refractivity contribution in [3.63, 3.8) is 0 Å². The molecule has 3 rings (SSSR count). The van der Waals surface area contributed by atoms with Crippen molar-refractivity contribution in [2.45, 2.75) is 19.8 Å². The maximum absolute atomic E-state index is 13.3. The molecule has 2 heterocycles. The molecule has 0 amide bonds. The predicted octanol–water partition coefficient (Wildman–Crippen LogP) is 4.73. The number of aryl methyl sites for hydroxylation is 1. The summed E-state index contributed by atoms with van der Waals surface area (Å²) in [4.78, 5) is 13.0. The van der Waals surface area contributed by atoms with Gasteiger partial charge in [0.2, 0.25) is 0 Å². The van der Waals surface area contributed by atoms with Crippen LogP contribution in [0.3, 0.4) is 0 Å². The molecule has 1 aromatic carbocycles. The largest absolute Gasteiger partial charge is 0.320 e. The molecule has 5 heteroatoms. The Kier molecular flexibility index (Phi) is 4.37. The van der Waals surface area contributed by atoms with Gasteiger partial charge in [0, 0.05) is 30.3 Å². The predicted molar refractivity (Wildman–Crippen MR) is 90.9 cm³/mol. The van der Waals surface area contributed by atoms with Crippen LogP contribution in [0.2, 0.25) is 5.02 Å². The van der Waals surface area contributed by atoms with E-state index >= 15 is 0 Å². The van der Waals surface area contributed by atoms with Gasteiger partial charge in [0.05, 0.1) is 22.2 Å². The number of nitrogens with zero attached hydrogens (tertiary/aromatic N) is 2. The van der Waals surface area contributed by atoms with Crippen molar-refractivity contribution in [1.29, 1.82) is 5.26 Å². The number of pyridine rings is 1. The zero-order valence-corrected chi connectivity index (χ0v) is 13.8. The molecule has 0 atom stereocenters. The van der Waals surface area contributed by atoms with Gasteiger partial charge in [-0.1, -0.05) is 17.7 Å². The van der Waals surface area contributed by atoms with E-state index in [9.17, 15) is 9.18 Å². The molecule has 0 fully saturated rings. The Bertz CT molecular complexity index is 985. The average Bonchev–Trinajstić information content (AvgIpc) is 2.84. The summed E-state index contributed by atoms with van der Waals surface area (Å²) in [7, 11) is 0. The molecule has 0 aliphatic heterocycles. The first-order valence-corrected chi connectivity index (χ1v) is 7.87. The van der Waals surface area contributed by atoms with Crippen molar-refractivity contribution in [2.75, 3.05) is 0 Å². The number of fused-ring (bicyclic) bond motifs is 1. The highest BCUT2D eigenvalue weighted by Gasteiger charge is 2.23. The van der Waals surface area contributed by atoms with Crippen molar-refractivity contribution in [2.24, 2.45) is 0 Å². The molecule has 24 heavy (non-hydrogen) atoms. The Hall–Kier alpha value is -2.64. The normalized spacial score (nSPS) is 10.8. The Morgan fingerprint density at radius 3 is 2.83 bits per heavy atom. The second-order valence-electron chi connectivity index (χ2n) is 5.51. The lowest BCUT2D eigenvalue weighted by Gasteiger charge is -2.04. The van der Waals surface area contributed by atoms with Crippen LogP contribution in [-0.2, 0) is 6.42 Å². The van der Waals surface area contributed by atoms with Gasteiger partial charge in [0.1, 0.15) is 5.82 Å². The van der Waals surface area contributed by atoms with Gasteiger partial charge >= 0.3 is 0 Å². The van der Waals surface area contributed by atoms with Crippen molar-refractivity contribution in [3.8, 4) is 6.07 Å². The summed E-state index contributed by atoms with van der Waals surface area (Å²) in [6.07, 6.45) is 2.79. The van der Waals surface area contributed by atoms with Gasteiger partial charge in [0.25, 0.3) is 0 Å². The maximum atomic E-state index is 13.3. The molecule has 2 aromatic heterocycles. The number of halogens is 2. The van der Waals surface area contributed by atoms with Gasteiger partial charge in [-0.25, -0.2) is 4.39 Å². The van der Waals surface area contributed by atoms with Crippen LogP contribution in [0.1, 0.15) is 33.6 Å². The lowest BCUT2D eigenvalue weighted by molar-refractivity contribution is 0.104. The minimum absolute atomic E-state index is 0.0910. The molecule has 0 aliphatic rings. The second-order valence-corrected chi connectivity index (χ2v) is 5.92. The third kappa shape index (κ3) is 2.68. The first-order valence-electron chi connectivity index (χ1n) is 7.49. The number of nitriles is 1. The number of carbonyl (C=O) groups excluding carboxylic acids is 1. The third-order valence-corrected chi connectivity index (χ3v) is 4.40. The molecular formula is C19H14ClFN2O. The van der Waals surface area contributed by atoms with Gasteiger partial charge in [-0.05, 0) is 42.8 Å². The Balaban J connectivity index is 2.20. The van der Waals surface area contributed by atoms with Crippen LogP contribution in [0.5, 0.6) is 0 Å². The summed E-state index contributed by atoms with van der Waals surface area (Å²) in [5.74, 6) is -0.728. The summed E-state index contributed by atoms with van der Waals surface area (Å²) in [6.45, 7) is 1.87. The highest BCUT2D eigenvalue weighted by molar-refractivity contribution is 6.35. The van der Waals surface area contributed by atoms with E-state index in [0.29, 0.717) is 18.4 Å². The van der Waals surface area contributed by atoms with Gasteiger partial charge in [-0.15, -0.1) is 0 Å². The molecule has 0 aliphatic carbocycles. The Morgan fingerprint density at radius 2 is 2.12 bits per heavy atom. The number of aromatic nitrogens is 1. The monoisotopic (exact) mass is 340 g/mol. The zero-order valence-electron chi connectivity index (χ0n) is 13.0. The van der Waals surface area contributed by atoms with Crippen LogP contribution >= 0.6 is 11.6 Å². The minimum Gasteiger partial charge on any atom is -0.320 e. The van der Waals surface area contributed by atoms with Crippen LogP contribution in [0.15, 0.2) is 42.6 Å². The van der Waals surface area contributed by atoms with Crippen LogP contribution in [0.25, 0.3) is 5.52 Å². The maximum Gasteiger partial charge on any atom is 0.196 e. The van der Waals surface area contributed by atoms with E-state index in [1.165, 1.54) is 12.1 Å². The molecule has 0 N–H and O–H groups in total. The SMILES string of the molecule is Cc1c(C(=O)c2ccc(F)cc2Cl)c2ccccn2c1CCC#N. The summed E-state index contributed by atoms with van der Waals surface area (Å²) in [6, 6.07) is 11.5. The van der Waals surface area contributed by atoms with Crippen molar-refractivity contribution >= 4 is 22.9 Å². The number of carbonyl (C=O) groups is 1. The quantitative estimate of drug-likeness (QED) is 0.645. The summed E-state index contributed by atoms with van der Waals surface area (Å²) >= 11 is 6.06. The highest BCUT2D eigenvalue weighted by atomic mass is 35.5. The lowest BCUT2D eigenvalue weighted by Crippen LogP contribution is -2.04. The smallest absolute Gasteiger partial charge is 0.196 e. The van der Waals surface area contributed by atoms with E-state index in [2.05, 4.69) is 6.07 Å². The number of ketones is 1. The topological polar surface area (TPSA) is 45.3 Å². The fourth-order valence-electron chi connectivity index (χ4n) is 2.98. The molecule has 3 nitrogen and oxygen atoms in total. The molecular weight excluding hydrogens is 327 g/mol. The second kappa shape index (κ2) is 6.46. The molecule has 0 spiro atoms. The molecule has 0 saturated carbocycles. The number of benzene rings is 1. The van der Waals surface area contributed by atoms with Crippen LogP contribution in [0.4, 0.5) is 4.39 Å². The van der Waals surface area contributed by atoms with Crippen LogP contribution < -0.4 is 0 Å². The fraction of sp³-hybridized carbons (Fsp3) is 0.158. The summed E-state index contributed by atoms with van der Waals surface area (Å²) in [5.41, 5.74) is 3.31. The number of hydrogen-bond donors (Lipinski definition) is 0. The van der Waals surface area contributed by atoms with E-state index in [0.717, 1.165) is 22.8 Å². The zero-order chi connectivity index (χ0) is 17.3. The summed E-state index contributed by atoms with van der Waals surface area (Å²) in [5, 5.41) is 8.96. The summed E-state index contributed by atoms with van der Waals surface area (Å²) < 4.78 is 15.2. The molecule has 0 saturated heterocycles. The molecule has 0 radical (unpaired) electrons. The van der Waals surface area contributed by atoms with Gasteiger partial charge < -0.3 is 4.40 Å². The molecule has 0 bridgehead atoms. The molecule has 3 aromatic rings. The lowest BCUT2D eigenvalue weighted by atomic mass is 9.99. The van der Waals surface area contributed by atoms with Crippen molar-refractivity contribution < 1.29 is 9.18 Å². The standard InChI is InChI=1S/C19H14ClFN2O/c1-12-16(6-4-9-22)23-10-3-2-5-17(23)18(12)19(24)14-8-7-13(21)11-15(14)20/h2-3,5,7-8,10-11H,4,6H2,1H3. The third-order valence-electron chi connectivity index (χ3n) is 4.09. The Labute approximate surface area is 143 Å². The van der Waals surface area contributed by atoms with E-state index < -0.39 is 5.82 Å². The average molecular weight is 341 g/mol. The van der Waals surface area contributed by atoms with Crippen LogP contribution in [-0.4, -0.2) is 10.2 Å². The molecule has 120 valence electrons. The van der Waals surface area contributed by atoms with E-state index in [1.807, 2.05) is 35.7 Å². The van der Waals surface area contributed by atoms with Crippen molar-refractivity contribution in [1.82, 2.24) is 4.40 Å². The van der Waals surface area contributed by atoms with Gasteiger partial charge in [-0.2, -0.15) is 5.26 Å². The van der Waals surface area contributed by atoms with Crippen LogP contribution in [0, 0.1) is 24.1 Å². The fourth-order valence-corrected chi connectivity index (χ4v) is 3.23. The highest BCUT2D eigenvalue weighted by Crippen LogP contribution is 2.29. The number of hydrogen-bond acceptors (Lipinski definition) is 2. The van der Waals surface area contributed by atoms with Crippen molar-refractivity contribution in [3.05, 3.63) is 75.8 Å². The van der Waals surface area contributed by atoms with E-state index in [4.69, 9.17) is 16.9 Å². The molecule has 0 unspecified atom stereocenters. The number of rotatable bonds is 4. The van der Waals surface area contributed by atoms with Gasteiger partial charge in [0.15, 0.2) is 5.78 Å².